The van der Waals surface area contributed by atoms with Crippen LogP contribution in [0.15, 0.2) is 24.3 Å². The van der Waals surface area contributed by atoms with Crippen molar-refractivity contribution >= 4 is 11.9 Å². The van der Waals surface area contributed by atoms with E-state index in [0.717, 1.165) is 18.4 Å². The highest BCUT2D eigenvalue weighted by atomic mass is 19.1. The maximum absolute atomic E-state index is 13.2. The third-order valence-electron chi connectivity index (χ3n) is 4.60. The molecule has 0 aromatic heterocycles. The number of ether oxygens (including phenoxy) is 1. The molecule has 6 nitrogen and oxygen atoms in total. The topological polar surface area (TPSA) is 79.5 Å². The van der Waals surface area contributed by atoms with Crippen LogP contribution in [-0.4, -0.2) is 44.3 Å². The van der Waals surface area contributed by atoms with E-state index in [-0.39, 0.29) is 29.7 Å². The van der Waals surface area contributed by atoms with Crippen LogP contribution in [0.2, 0.25) is 0 Å². The van der Waals surface area contributed by atoms with Gasteiger partial charge in [-0.1, -0.05) is 12.1 Å². The molecular formula is C16H20FN3O3. The van der Waals surface area contributed by atoms with Gasteiger partial charge in [0, 0.05) is 31.7 Å². The summed E-state index contributed by atoms with van der Waals surface area (Å²) < 4.78 is 18.6. The van der Waals surface area contributed by atoms with E-state index >= 15 is 0 Å². The second-order valence-corrected chi connectivity index (χ2v) is 6.02. The molecule has 124 valence electrons. The summed E-state index contributed by atoms with van der Waals surface area (Å²) in [5.41, 5.74) is 0.730. The Bertz CT molecular complexity index is 585. The summed E-state index contributed by atoms with van der Waals surface area (Å²) >= 11 is 0. The van der Waals surface area contributed by atoms with Crippen LogP contribution < -0.4 is 16.0 Å². The van der Waals surface area contributed by atoms with Gasteiger partial charge in [0.25, 0.3) is 0 Å². The van der Waals surface area contributed by atoms with Crippen molar-refractivity contribution in [3.63, 3.8) is 0 Å². The van der Waals surface area contributed by atoms with E-state index in [4.69, 9.17) is 4.74 Å². The number of carbonyl (C=O) groups excluding carboxylic acids is 2. The van der Waals surface area contributed by atoms with Crippen LogP contribution in [-0.2, 0) is 14.9 Å². The van der Waals surface area contributed by atoms with Crippen LogP contribution >= 0.6 is 0 Å². The molecule has 23 heavy (non-hydrogen) atoms. The fourth-order valence-corrected chi connectivity index (χ4v) is 3.13. The predicted molar refractivity (Wildman–Crippen MR) is 81.5 cm³/mol. The Kier molecular flexibility index (Phi) is 4.47. The summed E-state index contributed by atoms with van der Waals surface area (Å²) in [6.45, 7) is 1.94. The molecule has 3 amide bonds. The van der Waals surface area contributed by atoms with Gasteiger partial charge in [0.15, 0.2) is 0 Å². The second kappa shape index (κ2) is 6.54. The van der Waals surface area contributed by atoms with Crippen molar-refractivity contribution in [1.82, 2.24) is 16.0 Å². The second-order valence-electron chi connectivity index (χ2n) is 6.02. The standard InChI is InChI=1S/C16H20FN3O3/c17-12-3-1-11(2-4-12)16(5-7-23-8-6-16)10-19-14(21)13-9-18-15(22)20-13/h1-4,13H,5-10H2,(H,19,21)(H2,18,20,22)/t13-/m0/s1. The SMILES string of the molecule is O=C1NC[C@@H](C(=O)NCC2(c3ccc(F)cc3)CCOCC2)N1. The summed E-state index contributed by atoms with van der Waals surface area (Å²) in [7, 11) is 0. The lowest BCUT2D eigenvalue weighted by Crippen LogP contribution is -2.49. The molecule has 3 N–H and O–H groups in total. The molecule has 0 aliphatic carbocycles. The number of carbonyl (C=O) groups is 2. The van der Waals surface area contributed by atoms with Gasteiger partial charge < -0.3 is 20.7 Å². The summed E-state index contributed by atoms with van der Waals surface area (Å²) in [6, 6.07) is 5.54. The zero-order valence-electron chi connectivity index (χ0n) is 12.7. The Morgan fingerprint density at radius 2 is 2.00 bits per heavy atom. The van der Waals surface area contributed by atoms with E-state index in [1.54, 1.807) is 12.1 Å². The van der Waals surface area contributed by atoms with Crippen molar-refractivity contribution in [2.75, 3.05) is 26.3 Å². The molecule has 2 fully saturated rings. The lowest BCUT2D eigenvalue weighted by Gasteiger charge is -2.38. The molecular weight excluding hydrogens is 301 g/mol. The van der Waals surface area contributed by atoms with Gasteiger partial charge in [-0.2, -0.15) is 0 Å². The van der Waals surface area contributed by atoms with E-state index < -0.39 is 6.04 Å². The first-order chi connectivity index (χ1) is 11.1. The highest BCUT2D eigenvalue weighted by molar-refractivity contribution is 5.90. The van der Waals surface area contributed by atoms with Crippen LogP contribution in [0.3, 0.4) is 0 Å². The van der Waals surface area contributed by atoms with Crippen LogP contribution in [0.5, 0.6) is 0 Å². The van der Waals surface area contributed by atoms with Crippen LogP contribution in [0.25, 0.3) is 0 Å². The van der Waals surface area contributed by atoms with Crippen molar-refractivity contribution in [1.29, 1.82) is 0 Å². The number of urea groups is 1. The Morgan fingerprint density at radius 1 is 1.30 bits per heavy atom. The van der Waals surface area contributed by atoms with E-state index in [0.29, 0.717) is 19.8 Å². The molecule has 1 aromatic rings. The lowest BCUT2D eigenvalue weighted by atomic mass is 9.74. The molecule has 7 heteroatoms. The molecule has 1 atom stereocenters. The zero-order chi connectivity index (χ0) is 16.3. The first kappa shape index (κ1) is 15.7. The molecule has 0 radical (unpaired) electrons. The highest BCUT2D eigenvalue weighted by Gasteiger charge is 2.36. The van der Waals surface area contributed by atoms with Crippen molar-refractivity contribution in [2.24, 2.45) is 0 Å². The number of rotatable bonds is 4. The lowest BCUT2D eigenvalue weighted by molar-refractivity contribution is -0.122. The van der Waals surface area contributed by atoms with Crippen LogP contribution in [0.4, 0.5) is 9.18 Å². The first-order valence-electron chi connectivity index (χ1n) is 7.75. The molecule has 2 saturated heterocycles. The van der Waals surface area contributed by atoms with Crippen molar-refractivity contribution in [3.8, 4) is 0 Å². The van der Waals surface area contributed by atoms with Gasteiger partial charge in [0.1, 0.15) is 11.9 Å². The van der Waals surface area contributed by atoms with Crippen LogP contribution in [0, 0.1) is 5.82 Å². The van der Waals surface area contributed by atoms with E-state index in [2.05, 4.69) is 16.0 Å². The van der Waals surface area contributed by atoms with Crippen LogP contribution in [0.1, 0.15) is 18.4 Å². The highest BCUT2D eigenvalue weighted by Crippen LogP contribution is 2.34. The Labute approximate surface area is 133 Å². The van der Waals surface area contributed by atoms with Crippen molar-refractivity contribution in [3.05, 3.63) is 35.6 Å². The Hall–Kier alpha value is -2.15. The number of amides is 3. The normalized spacial score (nSPS) is 23.0. The fourth-order valence-electron chi connectivity index (χ4n) is 3.13. The molecule has 1 aromatic carbocycles. The van der Waals surface area contributed by atoms with Gasteiger partial charge in [-0.15, -0.1) is 0 Å². The summed E-state index contributed by atoms with van der Waals surface area (Å²) in [5.74, 6) is -0.490. The van der Waals surface area contributed by atoms with Gasteiger partial charge in [-0.05, 0) is 30.5 Å². The minimum atomic E-state index is -0.549. The molecule has 0 spiro atoms. The van der Waals surface area contributed by atoms with E-state index in [9.17, 15) is 14.0 Å². The van der Waals surface area contributed by atoms with Gasteiger partial charge in [-0.25, -0.2) is 9.18 Å². The molecule has 0 bridgehead atoms. The number of hydrogen-bond donors (Lipinski definition) is 3. The minimum absolute atomic E-state index is 0.212. The molecule has 0 saturated carbocycles. The molecule has 2 aliphatic rings. The Morgan fingerprint density at radius 3 is 2.61 bits per heavy atom. The summed E-state index contributed by atoms with van der Waals surface area (Å²) in [4.78, 5) is 23.3. The number of hydrogen-bond acceptors (Lipinski definition) is 3. The molecule has 0 unspecified atom stereocenters. The monoisotopic (exact) mass is 321 g/mol. The third-order valence-corrected chi connectivity index (χ3v) is 4.60. The molecule has 2 heterocycles. The predicted octanol–water partition coefficient (Wildman–Crippen LogP) is 0.671. The van der Waals surface area contributed by atoms with Gasteiger partial charge in [0.2, 0.25) is 5.91 Å². The number of halogens is 1. The quantitative estimate of drug-likeness (QED) is 0.763. The average Bonchev–Trinajstić information content (AvgIpc) is 3.01. The summed E-state index contributed by atoms with van der Waals surface area (Å²) in [6.07, 6.45) is 1.52. The van der Waals surface area contributed by atoms with E-state index in [1.807, 2.05) is 0 Å². The smallest absolute Gasteiger partial charge is 0.315 e. The maximum Gasteiger partial charge on any atom is 0.315 e. The molecule has 2 aliphatic heterocycles. The van der Waals surface area contributed by atoms with Crippen molar-refractivity contribution in [2.45, 2.75) is 24.3 Å². The maximum atomic E-state index is 13.2. The summed E-state index contributed by atoms with van der Waals surface area (Å²) in [5, 5.41) is 8.05. The van der Waals surface area contributed by atoms with Gasteiger partial charge in [0.05, 0.1) is 0 Å². The third kappa shape index (κ3) is 3.44. The van der Waals surface area contributed by atoms with Crippen molar-refractivity contribution < 1.29 is 18.7 Å². The van der Waals surface area contributed by atoms with Gasteiger partial charge >= 0.3 is 6.03 Å². The largest absolute Gasteiger partial charge is 0.381 e. The first-order valence-corrected chi connectivity index (χ1v) is 7.75. The Balaban J connectivity index is 1.70. The minimum Gasteiger partial charge on any atom is -0.381 e. The molecule has 3 rings (SSSR count). The average molecular weight is 321 g/mol. The number of benzene rings is 1. The number of nitrogens with one attached hydrogen (secondary N) is 3. The van der Waals surface area contributed by atoms with Gasteiger partial charge in [-0.3, -0.25) is 4.79 Å². The zero-order valence-corrected chi connectivity index (χ0v) is 12.7. The van der Waals surface area contributed by atoms with E-state index in [1.165, 1.54) is 12.1 Å². The fraction of sp³-hybridized carbons (Fsp3) is 0.500.